The molecule has 0 saturated carbocycles. The highest BCUT2D eigenvalue weighted by atomic mass is 31.2. The Morgan fingerprint density at radius 3 is 2.19 bits per heavy atom. The van der Waals surface area contributed by atoms with Gasteiger partial charge in [-0.1, -0.05) is 13.8 Å². The first kappa shape index (κ1) is 19.4. The van der Waals surface area contributed by atoms with E-state index in [1.165, 1.54) is 36.4 Å². The Hall–Kier alpha value is -2.41. The van der Waals surface area contributed by atoms with Gasteiger partial charge in [-0.05, 0) is 42.0 Å². The minimum Gasteiger partial charge on any atom is -0.508 e. The van der Waals surface area contributed by atoms with Crippen LogP contribution in [-0.2, 0) is 13.6 Å². The number of aromatic hydroxyl groups is 1. The normalized spacial score (nSPS) is 19.2. The number of nitrogens with zero attached hydrogens (tertiary/aromatic N) is 1. The molecule has 27 heavy (non-hydrogen) atoms. The largest absolute Gasteiger partial charge is 0.508 e. The number of hydrogen-bond acceptors (Lipinski definition) is 7. The van der Waals surface area contributed by atoms with E-state index in [4.69, 9.17) is 9.05 Å². The molecule has 1 aliphatic rings. The van der Waals surface area contributed by atoms with Crippen LogP contribution in [0.15, 0.2) is 48.5 Å². The van der Waals surface area contributed by atoms with E-state index >= 15 is 0 Å². The summed E-state index contributed by atoms with van der Waals surface area (Å²) in [5.41, 5.74) is 0.819. The van der Waals surface area contributed by atoms with Crippen molar-refractivity contribution >= 4 is 19.0 Å². The van der Waals surface area contributed by atoms with Crippen LogP contribution in [0.3, 0.4) is 0 Å². The maximum atomic E-state index is 13.4. The van der Waals surface area contributed by atoms with Gasteiger partial charge in [0.1, 0.15) is 5.75 Å². The fraction of sp³-hybridized carbons (Fsp3) is 0.333. The van der Waals surface area contributed by atoms with Crippen molar-refractivity contribution in [2.24, 2.45) is 5.41 Å². The molecule has 1 saturated heterocycles. The van der Waals surface area contributed by atoms with Gasteiger partial charge in [0.05, 0.1) is 18.1 Å². The fourth-order valence-electron chi connectivity index (χ4n) is 2.60. The SMILES string of the molecule is CC1(C)COP(=O)([C@H](Nc2ccc(O)cc2)c2ccc([N+](=O)[O-])cc2)OC1. The highest BCUT2D eigenvalue weighted by Crippen LogP contribution is 2.64. The van der Waals surface area contributed by atoms with Crippen molar-refractivity contribution in [2.45, 2.75) is 19.6 Å². The minimum atomic E-state index is -3.59. The average molecular weight is 392 g/mol. The Bertz CT molecular complexity index is 852. The minimum absolute atomic E-state index is 0.0629. The van der Waals surface area contributed by atoms with Crippen molar-refractivity contribution < 1.29 is 23.6 Å². The lowest BCUT2D eigenvalue weighted by atomic mass is 9.97. The molecule has 9 heteroatoms. The zero-order valence-corrected chi connectivity index (χ0v) is 15.9. The third-order valence-corrected chi connectivity index (χ3v) is 6.21. The molecule has 0 bridgehead atoms. The van der Waals surface area contributed by atoms with Gasteiger partial charge in [0.25, 0.3) is 5.69 Å². The zero-order valence-electron chi connectivity index (χ0n) is 15.0. The van der Waals surface area contributed by atoms with Crippen molar-refractivity contribution in [1.82, 2.24) is 0 Å². The maximum Gasteiger partial charge on any atom is 0.357 e. The number of nitrogens with one attached hydrogen (secondary N) is 1. The summed E-state index contributed by atoms with van der Waals surface area (Å²) in [5.74, 6) is -0.745. The smallest absolute Gasteiger partial charge is 0.357 e. The highest BCUT2D eigenvalue weighted by Gasteiger charge is 2.44. The van der Waals surface area contributed by atoms with Crippen LogP contribution in [0.5, 0.6) is 5.75 Å². The quantitative estimate of drug-likeness (QED) is 0.329. The summed E-state index contributed by atoms with van der Waals surface area (Å²) in [4.78, 5) is 10.4. The van der Waals surface area contributed by atoms with Crippen molar-refractivity contribution in [3.8, 4) is 5.75 Å². The van der Waals surface area contributed by atoms with Gasteiger partial charge in [0.2, 0.25) is 0 Å². The van der Waals surface area contributed by atoms with Gasteiger partial charge < -0.3 is 19.5 Å². The standard InChI is InChI=1S/C18H21N2O6P/c1-18(2)11-25-27(24,26-12-18)17(19-14-5-9-16(21)10-6-14)13-3-7-15(8-4-13)20(22)23/h3-10,17,19,21H,11-12H2,1-2H3/t17-/m0/s1. The van der Waals surface area contributed by atoms with Crippen LogP contribution in [0, 0.1) is 15.5 Å². The number of anilines is 1. The molecule has 144 valence electrons. The van der Waals surface area contributed by atoms with E-state index in [2.05, 4.69) is 5.32 Å². The first-order valence-corrected chi connectivity index (χ1v) is 9.98. The van der Waals surface area contributed by atoms with Crippen molar-refractivity contribution in [3.63, 3.8) is 0 Å². The third-order valence-electron chi connectivity index (χ3n) is 4.18. The molecule has 0 radical (unpaired) electrons. The number of nitro benzene ring substituents is 1. The number of benzene rings is 2. The molecule has 1 aliphatic heterocycles. The second-order valence-corrected chi connectivity index (χ2v) is 9.31. The number of phenols is 1. The van der Waals surface area contributed by atoms with Crippen molar-refractivity contribution in [1.29, 1.82) is 0 Å². The number of nitro groups is 1. The van der Waals surface area contributed by atoms with Gasteiger partial charge in [-0.2, -0.15) is 0 Å². The first-order chi connectivity index (χ1) is 12.7. The molecule has 3 rings (SSSR count). The van der Waals surface area contributed by atoms with Crippen LogP contribution in [0.2, 0.25) is 0 Å². The lowest BCUT2D eigenvalue weighted by Gasteiger charge is -2.37. The van der Waals surface area contributed by atoms with Crippen molar-refractivity contribution in [3.05, 3.63) is 64.2 Å². The Morgan fingerprint density at radius 1 is 1.11 bits per heavy atom. The second kappa shape index (κ2) is 7.31. The molecule has 0 amide bonds. The Kier molecular flexibility index (Phi) is 5.24. The molecule has 1 fully saturated rings. The van der Waals surface area contributed by atoms with E-state index in [0.717, 1.165) is 0 Å². The molecule has 1 atom stereocenters. The third kappa shape index (κ3) is 4.47. The summed E-state index contributed by atoms with van der Waals surface area (Å²) in [6.07, 6.45) is 0. The van der Waals surface area contributed by atoms with Crippen molar-refractivity contribution in [2.75, 3.05) is 18.5 Å². The first-order valence-electron chi connectivity index (χ1n) is 8.37. The summed E-state index contributed by atoms with van der Waals surface area (Å²) in [6, 6.07) is 12.0. The van der Waals surface area contributed by atoms with E-state index in [9.17, 15) is 19.8 Å². The lowest BCUT2D eigenvalue weighted by Crippen LogP contribution is -2.31. The molecule has 2 aromatic rings. The molecule has 2 aromatic carbocycles. The van der Waals surface area contributed by atoms with Crippen LogP contribution in [0.1, 0.15) is 25.2 Å². The molecule has 8 nitrogen and oxygen atoms in total. The molecule has 0 unspecified atom stereocenters. The van der Waals surface area contributed by atoms with Crippen LogP contribution < -0.4 is 5.32 Å². The van der Waals surface area contributed by atoms with Gasteiger partial charge in [0, 0.05) is 23.2 Å². The molecule has 2 N–H and O–H groups in total. The summed E-state index contributed by atoms with van der Waals surface area (Å²) < 4.78 is 24.7. The molecule has 0 aromatic heterocycles. The highest BCUT2D eigenvalue weighted by molar-refractivity contribution is 7.54. The van der Waals surface area contributed by atoms with E-state index in [-0.39, 0.29) is 30.1 Å². The maximum absolute atomic E-state index is 13.4. The summed E-state index contributed by atoms with van der Waals surface area (Å²) in [6.45, 7) is 4.44. The van der Waals surface area contributed by atoms with E-state index in [1.807, 2.05) is 13.8 Å². The average Bonchev–Trinajstić information content (AvgIpc) is 2.64. The number of rotatable bonds is 5. The predicted octanol–water partition coefficient (Wildman–Crippen LogP) is 4.68. The van der Waals surface area contributed by atoms with E-state index in [1.54, 1.807) is 12.1 Å². The van der Waals surface area contributed by atoms with Gasteiger partial charge in [0.15, 0.2) is 5.78 Å². The molecule has 0 spiro atoms. The van der Waals surface area contributed by atoms with E-state index in [0.29, 0.717) is 11.3 Å². The summed E-state index contributed by atoms with van der Waals surface area (Å²) in [5, 5.41) is 23.5. The molecule has 0 aliphatic carbocycles. The predicted molar refractivity (Wildman–Crippen MR) is 101 cm³/mol. The zero-order chi connectivity index (χ0) is 19.7. The fourth-order valence-corrected chi connectivity index (χ4v) is 4.87. The number of hydrogen-bond donors (Lipinski definition) is 2. The van der Waals surface area contributed by atoms with E-state index < -0.39 is 18.3 Å². The Balaban J connectivity index is 1.94. The van der Waals surface area contributed by atoms with Crippen LogP contribution in [0.4, 0.5) is 11.4 Å². The topological polar surface area (TPSA) is 111 Å². The summed E-state index contributed by atoms with van der Waals surface area (Å²) in [7, 11) is -3.59. The monoisotopic (exact) mass is 392 g/mol. The number of phenolic OH excluding ortho intramolecular Hbond substituents is 1. The molecule has 1 heterocycles. The number of non-ortho nitro benzene ring substituents is 1. The van der Waals surface area contributed by atoms with Crippen LogP contribution in [0.25, 0.3) is 0 Å². The van der Waals surface area contributed by atoms with Crippen LogP contribution >= 0.6 is 7.60 Å². The summed E-state index contributed by atoms with van der Waals surface area (Å²) >= 11 is 0. The Morgan fingerprint density at radius 2 is 1.67 bits per heavy atom. The Labute approximate surface area is 156 Å². The lowest BCUT2D eigenvalue weighted by molar-refractivity contribution is -0.384. The van der Waals surface area contributed by atoms with Gasteiger partial charge in [-0.15, -0.1) is 0 Å². The molecular formula is C18H21N2O6P. The van der Waals surface area contributed by atoms with Crippen LogP contribution in [-0.4, -0.2) is 23.2 Å². The van der Waals surface area contributed by atoms with Gasteiger partial charge in [-0.25, -0.2) is 0 Å². The second-order valence-electron chi connectivity index (χ2n) is 7.19. The van der Waals surface area contributed by atoms with Gasteiger partial charge in [-0.3, -0.25) is 14.7 Å². The molecular weight excluding hydrogens is 371 g/mol. The van der Waals surface area contributed by atoms with Gasteiger partial charge >= 0.3 is 7.60 Å².